The summed E-state index contributed by atoms with van der Waals surface area (Å²) >= 11 is 6.14. The fraction of sp³-hybridized carbons (Fsp3) is 0.409. The molecule has 1 amide bonds. The van der Waals surface area contributed by atoms with Gasteiger partial charge in [0.15, 0.2) is 0 Å². The average molecular weight is 449 g/mol. The summed E-state index contributed by atoms with van der Waals surface area (Å²) in [6, 6.07) is 12.1. The van der Waals surface area contributed by atoms with E-state index in [-0.39, 0.29) is 16.6 Å². The monoisotopic (exact) mass is 448 g/mol. The number of carbonyl (C=O) groups is 1. The Hall–Kier alpha value is -2.09. The predicted molar refractivity (Wildman–Crippen MR) is 117 cm³/mol. The molecular formula is C22H25ClN2O4S. The third-order valence-electron chi connectivity index (χ3n) is 6.12. The summed E-state index contributed by atoms with van der Waals surface area (Å²) in [4.78, 5) is 13.3. The predicted octanol–water partition coefficient (Wildman–Crippen LogP) is 4.19. The van der Waals surface area contributed by atoms with Gasteiger partial charge in [-0.2, -0.15) is 4.31 Å². The molecule has 0 atom stereocenters. The molecule has 1 saturated carbocycles. The van der Waals surface area contributed by atoms with E-state index in [1.54, 1.807) is 18.2 Å². The van der Waals surface area contributed by atoms with Crippen LogP contribution in [0.4, 0.5) is 5.69 Å². The number of hydrogen-bond acceptors (Lipinski definition) is 4. The molecule has 1 aliphatic heterocycles. The Bertz CT molecular complexity index is 1060. The maximum absolute atomic E-state index is 13.2. The summed E-state index contributed by atoms with van der Waals surface area (Å²) in [7, 11) is -2.18. The van der Waals surface area contributed by atoms with Crippen molar-refractivity contribution in [3.05, 3.63) is 53.1 Å². The van der Waals surface area contributed by atoms with Crippen LogP contribution in [-0.4, -0.2) is 38.8 Å². The Labute approximate surface area is 182 Å². The molecule has 2 aliphatic rings. The molecule has 2 aromatic carbocycles. The van der Waals surface area contributed by atoms with Gasteiger partial charge in [0.1, 0.15) is 10.6 Å². The molecular weight excluding hydrogens is 424 g/mol. The molecule has 8 heteroatoms. The lowest BCUT2D eigenvalue weighted by atomic mass is 9.64. The van der Waals surface area contributed by atoms with Crippen molar-refractivity contribution in [2.45, 2.75) is 42.4 Å². The summed E-state index contributed by atoms with van der Waals surface area (Å²) in [6.07, 6.45) is 4.19. The van der Waals surface area contributed by atoms with Crippen molar-refractivity contribution in [1.29, 1.82) is 0 Å². The molecule has 1 N–H and O–H groups in total. The van der Waals surface area contributed by atoms with Gasteiger partial charge in [-0.3, -0.25) is 4.79 Å². The molecule has 1 aliphatic carbocycles. The first-order valence-corrected chi connectivity index (χ1v) is 11.9. The van der Waals surface area contributed by atoms with Gasteiger partial charge in [0.05, 0.1) is 12.5 Å². The van der Waals surface area contributed by atoms with Gasteiger partial charge in [0.2, 0.25) is 15.9 Å². The molecule has 0 unspecified atom stereocenters. The smallest absolute Gasteiger partial charge is 0.246 e. The van der Waals surface area contributed by atoms with Crippen LogP contribution in [0, 0.1) is 0 Å². The second kappa shape index (κ2) is 8.21. The van der Waals surface area contributed by atoms with Crippen molar-refractivity contribution < 1.29 is 17.9 Å². The van der Waals surface area contributed by atoms with Crippen molar-refractivity contribution in [2.24, 2.45) is 0 Å². The number of methoxy groups -OCH3 is 1. The standard InChI is InChI=1S/C22H25ClN2O4S/c1-29-19-15-18(8-9-20(19)30(27,28)25-12-2-3-13-25)24-21(26)22(10-5-11-22)16-6-4-7-17(23)14-16/h4,6-9,14-15H,2-3,5,10-13H2,1H3,(H,24,26). The van der Waals surface area contributed by atoms with Crippen molar-refractivity contribution in [2.75, 3.05) is 25.5 Å². The van der Waals surface area contributed by atoms with Crippen LogP contribution in [-0.2, 0) is 20.2 Å². The number of hydrogen-bond donors (Lipinski definition) is 1. The van der Waals surface area contributed by atoms with E-state index < -0.39 is 15.4 Å². The van der Waals surface area contributed by atoms with E-state index >= 15 is 0 Å². The van der Waals surface area contributed by atoms with Crippen molar-refractivity contribution in [3.8, 4) is 5.75 Å². The first-order valence-electron chi connectivity index (χ1n) is 10.1. The number of sulfonamides is 1. The number of halogens is 1. The van der Waals surface area contributed by atoms with E-state index in [0.717, 1.165) is 37.7 Å². The molecule has 6 nitrogen and oxygen atoms in total. The summed E-state index contributed by atoms with van der Waals surface area (Å²) in [5.74, 6) is 0.110. The maximum Gasteiger partial charge on any atom is 0.246 e. The lowest BCUT2D eigenvalue weighted by molar-refractivity contribution is -0.124. The number of anilines is 1. The molecule has 1 heterocycles. The average Bonchev–Trinajstić information content (AvgIpc) is 3.22. The summed E-state index contributed by atoms with van der Waals surface area (Å²) in [5, 5.41) is 3.56. The number of benzene rings is 2. The van der Waals surface area contributed by atoms with Crippen LogP contribution in [0.2, 0.25) is 5.02 Å². The van der Waals surface area contributed by atoms with E-state index in [1.165, 1.54) is 17.5 Å². The maximum atomic E-state index is 13.2. The third-order valence-corrected chi connectivity index (χ3v) is 8.30. The van der Waals surface area contributed by atoms with Crippen LogP contribution in [0.5, 0.6) is 5.75 Å². The van der Waals surface area contributed by atoms with Crippen LogP contribution >= 0.6 is 11.6 Å². The topological polar surface area (TPSA) is 75.7 Å². The largest absolute Gasteiger partial charge is 0.495 e. The van der Waals surface area contributed by atoms with Crippen molar-refractivity contribution >= 4 is 33.2 Å². The van der Waals surface area contributed by atoms with Gasteiger partial charge >= 0.3 is 0 Å². The zero-order valence-electron chi connectivity index (χ0n) is 16.9. The molecule has 4 rings (SSSR count). The van der Waals surface area contributed by atoms with E-state index in [1.807, 2.05) is 18.2 Å². The van der Waals surface area contributed by atoms with Crippen LogP contribution in [0.1, 0.15) is 37.7 Å². The summed E-state index contributed by atoms with van der Waals surface area (Å²) in [5.41, 5.74) is 0.794. The van der Waals surface area contributed by atoms with Gasteiger partial charge < -0.3 is 10.1 Å². The molecule has 2 fully saturated rings. The summed E-state index contributed by atoms with van der Waals surface area (Å²) < 4.78 is 32.7. The number of amides is 1. The van der Waals surface area contributed by atoms with Crippen molar-refractivity contribution in [1.82, 2.24) is 4.31 Å². The molecule has 0 spiro atoms. The molecule has 2 aromatic rings. The third kappa shape index (κ3) is 3.70. The van der Waals surface area contributed by atoms with E-state index in [2.05, 4.69) is 5.32 Å². The lowest BCUT2D eigenvalue weighted by Gasteiger charge is -2.40. The minimum atomic E-state index is -3.62. The molecule has 0 radical (unpaired) electrons. The van der Waals surface area contributed by atoms with Crippen LogP contribution in [0.3, 0.4) is 0 Å². The summed E-state index contributed by atoms with van der Waals surface area (Å²) in [6.45, 7) is 1.04. The number of carbonyl (C=O) groups excluding carboxylic acids is 1. The fourth-order valence-corrected chi connectivity index (χ4v) is 6.08. The molecule has 0 aromatic heterocycles. The first-order chi connectivity index (χ1) is 14.4. The van der Waals surface area contributed by atoms with Crippen LogP contribution in [0.15, 0.2) is 47.4 Å². The Morgan fingerprint density at radius 3 is 2.43 bits per heavy atom. The molecule has 30 heavy (non-hydrogen) atoms. The normalized spacial score (nSPS) is 18.6. The lowest BCUT2D eigenvalue weighted by Crippen LogP contribution is -2.46. The fourth-order valence-electron chi connectivity index (χ4n) is 4.24. The zero-order chi connectivity index (χ0) is 21.4. The number of rotatable bonds is 6. The van der Waals surface area contributed by atoms with Crippen LogP contribution in [0.25, 0.3) is 0 Å². The van der Waals surface area contributed by atoms with Crippen LogP contribution < -0.4 is 10.1 Å². The van der Waals surface area contributed by atoms with Crippen molar-refractivity contribution in [3.63, 3.8) is 0 Å². The van der Waals surface area contributed by atoms with Gasteiger partial charge in [0.25, 0.3) is 0 Å². The Morgan fingerprint density at radius 2 is 1.83 bits per heavy atom. The Morgan fingerprint density at radius 1 is 1.10 bits per heavy atom. The second-order valence-electron chi connectivity index (χ2n) is 7.88. The highest BCUT2D eigenvalue weighted by atomic mass is 35.5. The number of nitrogens with zero attached hydrogens (tertiary/aromatic N) is 1. The minimum absolute atomic E-state index is 0.117. The molecule has 160 valence electrons. The highest BCUT2D eigenvalue weighted by Crippen LogP contribution is 2.45. The van der Waals surface area contributed by atoms with Gasteiger partial charge in [0, 0.05) is 29.9 Å². The highest BCUT2D eigenvalue weighted by molar-refractivity contribution is 7.89. The number of ether oxygens (including phenoxy) is 1. The quantitative estimate of drug-likeness (QED) is 0.718. The second-order valence-corrected chi connectivity index (χ2v) is 10.2. The minimum Gasteiger partial charge on any atom is -0.495 e. The van der Waals surface area contributed by atoms with Gasteiger partial charge in [-0.25, -0.2) is 8.42 Å². The molecule has 0 bridgehead atoms. The van der Waals surface area contributed by atoms with E-state index in [4.69, 9.17) is 16.3 Å². The zero-order valence-corrected chi connectivity index (χ0v) is 18.4. The molecule has 1 saturated heterocycles. The SMILES string of the molecule is COc1cc(NC(=O)C2(c3cccc(Cl)c3)CCC2)ccc1S(=O)(=O)N1CCCC1. The van der Waals surface area contributed by atoms with Gasteiger partial charge in [-0.15, -0.1) is 0 Å². The first kappa shape index (κ1) is 21.2. The highest BCUT2D eigenvalue weighted by Gasteiger charge is 2.45. The Balaban J connectivity index is 1.60. The van der Waals surface area contributed by atoms with E-state index in [0.29, 0.717) is 23.8 Å². The van der Waals surface area contributed by atoms with Gasteiger partial charge in [-0.1, -0.05) is 30.2 Å². The van der Waals surface area contributed by atoms with E-state index in [9.17, 15) is 13.2 Å². The van der Waals surface area contributed by atoms with Gasteiger partial charge in [-0.05, 0) is 55.5 Å². The number of nitrogens with one attached hydrogen (secondary N) is 1. The Kier molecular flexibility index (Phi) is 5.79.